The number of rotatable bonds is 2. The zero-order valence-corrected chi connectivity index (χ0v) is 9.25. The second-order valence-electron chi connectivity index (χ2n) is 5.56. The summed E-state index contributed by atoms with van der Waals surface area (Å²) in [6, 6.07) is 0. The maximum Gasteiger partial charge on any atom is 0.309 e. The maximum atomic E-state index is 11.7. The molecule has 8 atom stereocenters. The van der Waals surface area contributed by atoms with Gasteiger partial charge in [-0.1, -0.05) is 0 Å². The lowest BCUT2D eigenvalue weighted by Crippen LogP contribution is -2.32. The number of ether oxygens (including phenoxy) is 2. The molecule has 4 fully saturated rings. The summed E-state index contributed by atoms with van der Waals surface area (Å²) in [5.74, 6) is 3.03. The van der Waals surface area contributed by atoms with E-state index in [-0.39, 0.29) is 23.8 Å². The van der Waals surface area contributed by atoms with Crippen molar-refractivity contribution in [2.24, 2.45) is 47.3 Å². The molecule has 0 radical (unpaired) electrons. The molecule has 16 heavy (non-hydrogen) atoms. The van der Waals surface area contributed by atoms with Crippen molar-refractivity contribution >= 4 is 11.9 Å². The van der Waals surface area contributed by atoms with Crippen molar-refractivity contribution in [2.75, 3.05) is 14.2 Å². The normalized spacial score (nSPS) is 57.9. The van der Waals surface area contributed by atoms with Gasteiger partial charge in [-0.3, -0.25) is 9.59 Å². The molecule has 0 aliphatic heterocycles. The fourth-order valence-corrected chi connectivity index (χ4v) is 5.13. The smallest absolute Gasteiger partial charge is 0.309 e. The van der Waals surface area contributed by atoms with E-state index in [0.29, 0.717) is 35.5 Å². The van der Waals surface area contributed by atoms with Gasteiger partial charge in [-0.2, -0.15) is 0 Å². The second kappa shape index (κ2) is 2.44. The summed E-state index contributed by atoms with van der Waals surface area (Å²) in [4.78, 5) is 23.3. The monoisotopic (exact) mass is 222 g/mol. The molecule has 0 spiro atoms. The average molecular weight is 222 g/mol. The number of esters is 2. The molecule has 4 rings (SSSR count). The maximum absolute atomic E-state index is 11.7. The Bertz CT molecular complexity index is 346. The van der Waals surface area contributed by atoms with Crippen LogP contribution in [0.25, 0.3) is 0 Å². The average Bonchev–Trinajstić information content (AvgIpc) is 3.15. The fourth-order valence-electron chi connectivity index (χ4n) is 5.13. The van der Waals surface area contributed by atoms with Crippen LogP contribution in [0.4, 0.5) is 0 Å². The first-order chi connectivity index (χ1) is 7.72. The van der Waals surface area contributed by atoms with Gasteiger partial charge in [0.15, 0.2) is 0 Å². The minimum Gasteiger partial charge on any atom is -0.469 e. The second-order valence-corrected chi connectivity index (χ2v) is 5.56. The van der Waals surface area contributed by atoms with E-state index in [1.807, 2.05) is 0 Å². The predicted molar refractivity (Wildman–Crippen MR) is 52.0 cm³/mol. The van der Waals surface area contributed by atoms with E-state index in [1.54, 1.807) is 0 Å². The zero-order chi connectivity index (χ0) is 11.2. The highest BCUT2D eigenvalue weighted by molar-refractivity contribution is 5.81. The van der Waals surface area contributed by atoms with Crippen LogP contribution in [-0.4, -0.2) is 26.2 Å². The van der Waals surface area contributed by atoms with Crippen molar-refractivity contribution in [3.05, 3.63) is 0 Å². The van der Waals surface area contributed by atoms with Crippen molar-refractivity contribution in [1.82, 2.24) is 0 Å². The molecule has 4 aliphatic rings. The van der Waals surface area contributed by atoms with E-state index in [9.17, 15) is 9.59 Å². The molecule has 4 nitrogen and oxygen atoms in total. The number of carbonyl (C=O) groups excluding carboxylic acids is 2. The minimum absolute atomic E-state index is 0.0594. The topological polar surface area (TPSA) is 52.6 Å². The van der Waals surface area contributed by atoms with Crippen LogP contribution in [0.15, 0.2) is 0 Å². The largest absolute Gasteiger partial charge is 0.469 e. The molecule has 0 amide bonds. The van der Waals surface area contributed by atoms with E-state index >= 15 is 0 Å². The summed E-state index contributed by atoms with van der Waals surface area (Å²) in [6.07, 6.45) is 0. The number of fused-ring (bicyclic) bond motifs is 2. The van der Waals surface area contributed by atoms with E-state index < -0.39 is 0 Å². The van der Waals surface area contributed by atoms with Crippen molar-refractivity contribution in [2.45, 2.75) is 0 Å². The van der Waals surface area contributed by atoms with Gasteiger partial charge in [0.2, 0.25) is 0 Å². The summed E-state index contributed by atoms with van der Waals surface area (Å²) in [7, 11) is 2.91. The summed E-state index contributed by atoms with van der Waals surface area (Å²) in [6.45, 7) is 0. The highest BCUT2D eigenvalue weighted by Crippen LogP contribution is 2.88. The molecule has 0 heterocycles. The van der Waals surface area contributed by atoms with Crippen LogP contribution in [0, 0.1) is 47.3 Å². The van der Waals surface area contributed by atoms with E-state index in [2.05, 4.69) is 0 Å². The Kier molecular flexibility index (Phi) is 1.37. The van der Waals surface area contributed by atoms with Crippen LogP contribution in [0.2, 0.25) is 0 Å². The summed E-state index contributed by atoms with van der Waals surface area (Å²) in [5.41, 5.74) is 0. The Morgan fingerprint density at radius 3 is 1.25 bits per heavy atom. The van der Waals surface area contributed by atoms with Gasteiger partial charge in [0, 0.05) is 0 Å². The third-order valence-electron chi connectivity index (χ3n) is 5.43. The molecular formula is C12H14O4. The van der Waals surface area contributed by atoms with E-state index in [0.717, 1.165) is 0 Å². The molecule has 0 N–H and O–H groups in total. The molecule has 0 aromatic rings. The molecule has 0 aromatic carbocycles. The first-order valence-electron chi connectivity index (χ1n) is 5.88. The molecule has 0 saturated heterocycles. The lowest BCUT2D eigenvalue weighted by molar-refractivity contribution is -0.153. The standard InChI is InChI=1S/C12H14O4/c1-15-11(13)9-5-3-4-6(9)8(4)10(7(3)5)12(14)16-2/h3-10H,1-2H3/t3?,4?,5-,6-,7-,8+,9?,10?/m1/s1. The van der Waals surface area contributed by atoms with Gasteiger partial charge in [0.05, 0.1) is 26.1 Å². The van der Waals surface area contributed by atoms with Gasteiger partial charge in [0.1, 0.15) is 0 Å². The number of hydrogen-bond acceptors (Lipinski definition) is 4. The molecule has 4 unspecified atom stereocenters. The highest BCUT2D eigenvalue weighted by Gasteiger charge is 2.89. The molecule has 4 saturated carbocycles. The fraction of sp³-hybridized carbons (Fsp3) is 0.833. The van der Waals surface area contributed by atoms with Gasteiger partial charge < -0.3 is 9.47 Å². The van der Waals surface area contributed by atoms with E-state index in [1.165, 1.54) is 14.2 Å². The summed E-state index contributed by atoms with van der Waals surface area (Å²) in [5, 5.41) is 0. The molecule has 4 heteroatoms. The lowest BCUT2D eigenvalue weighted by atomic mass is 9.82. The number of methoxy groups -OCH3 is 2. The van der Waals surface area contributed by atoms with Crippen LogP contribution in [-0.2, 0) is 19.1 Å². The number of carbonyl (C=O) groups is 2. The first-order valence-corrected chi connectivity index (χ1v) is 5.88. The van der Waals surface area contributed by atoms with Gasteiger partial charge in [-0.05, 0) is 35.5 Å². The summed E-state index contributed by atoms with van der Waals surface area (Å²) < 4.78 is 9.73. The zero-order valence-electron chi connectivity index (χ0n) is 9.25. The molecule has 4 aliphatic carbocycles. The van der Waals surface area contributed by atoms with E-state index in [4.69, 9.17) is 9.47 Å². The van der Waals surface area contributed by atoms with Crippen LogP contribution in [0.3, 0.4) is 0 Å². The predicted octanol–water partition coefficient (Wildman–Crippen LogP) is 0.316. The lowest BCUT2D eigenvalue weighted by Gasteiger charge is -2.23. The van der Waals surface area contributed by atoms with Gasteiger partial charge in [-0.25, -0.2) is 0 Å². The van der Waals surface area contributed by atoms with Crippen LogP contribution in [0.1, 0.15) is 0 Å². The minimum atomic E-state index is -0.0594. The molecular weight excluding hydrogens is 208 g/mol. The molecule has 0 bridgehead atoms. The summed E-state index contributed by atoms with van der Waals surface area (Å²) >= 11 is 0. The Labute approximate surface area is 93.3 Å². The Hall–Kier alpha value is -1.06. The van der Waals surface area contributed by atoms with Crippen LogP contribution >= 0.6 is 0 Å². The Morgan fingerprint density at radius 2 is 1.00 bits per heavy atom. The Balaban J connectivity index is 1.62. The van der Waals surface area contributed by atoms with Crippen LogP contribution < -0.4 is 0 Å². The molecule has 0 aromatic heterocycles. The van der Waals surface area contributed by atoms with Gasteiger partial charge >= 0.3 is 11.9 Å². The quantitative estimate of drug-likeness (QED) is 0.631. The third-order valence-corrected chi connectivity index (χ3v) is 5.43. The van der Waals surface area contributed by atoms with Gasteiger partial charge in [-0.15, -0.1) is 0 Å². The highest BCUT2D eigenvalue weighted by atomic mass is 16.5. The first kappa shape index (κ1) is 9.02. The Morgan fingerprint density at radius 1 is 0.688 bits per heavy atom. The van der Waals surface area contributed by atoms with Crippen molar-refractivity contribution in [3.8, 4) is 0 Å². The molecule has 86 valence electrons. The third kappa shape index (κ3) is 0.711. The SMILES string of the molecule is COC(=O)C1[C@@H]2C3C4[C@@H]1[C@H]4C(C(=O)OC)[C@H]32. The number of hydrogen-bond donors (Lipinski definition) is 0. The van der Waals surface area contributed by atoms with Crippen molar-refractivity contribution < 1.29 is 19.1 Å². The van der Waals surface area contributed by atoms with Crippen LogP contribution in [0.5, 0.6) is 0 Å². The van der Waals surface area contributed by atoms with Crippen molar-refractivity contribution in [3.63, 3.8) is 0 Å². The van der Waals surface area contributed by atoms with Crippen molar-refractivity contribution in [1.29, 1.82) is 0 Å². The van der Waals surface area contributed by atoms with Gasteiger partial charge in [0.25, 0.3) is 0 Å².